The van der Waals surface area contributed by atoms with E-state index in [1.165, 1.54) is 55.3 Å². The van der Waals surface area contributed by atoms with Gasteiger partial charge in [0, 0.05) is 33.5 Å². The fourth-order valence-electron chi connectivity index (χ4n) is 4.77. The van der Waals surface area contributed by atoms with Gasteiger partial charge < -0.3 is 30.9 Å². The lowest BCUT2D eigenvalue weighted by Gasteiger charge is -2.18. The summed E-state index contributed by atoms with van der Waals surface area (Å²) in [6.07, 6.45) is 1.44. The van der Waals surface area contributed by atoms with Gasteiger partial charge in [0.05, 0.1) is 17.7 Å². The number of hydrogen-bond acceptors (Lipinski definition) is 7. The van der Waals surface area contributed by atoms with Gasteiger partial charge in [-0.1, -0.05) is 66.2 Å². The lowest BCUT2D eigenvalue weighted by atomic mass is 10.1. The number of nitrogens with one attached hydrogen (secondary N) is 3. The zero-order chi connectivity index (χ0) is 35.6. The van der Waals surface area contributed by atoms with Gasteiger partial charge in [0.1, 0.15) is 22.4 Å². The SMILES string of the molecule is COc1cc(O)ccc1/C=C(/NC(=O)c1ccccc1)C(=O)Nc1cccc(SC(C(=O)Nc2ccc(Cl)c(C(=O)O)c2)c2ccccc2)c1. The predicted molar refractivity (Wildman–Crippen MR) is 194 cm³/mol. The Morgan fingerprint density at radius 1 is 0.800 bits per heavy atom. The van der Waals surface area contributed by atoms with Crippen LogP contribution in [0.1, 0.15) is 37.1 Å². The second-order valence-electron chi connectivity index (χ2n) is 10.7. The molecule has 0 fully saturated rings. The number of carboxylic acids is 1. The van der Waals surface area contributed by atoms with Gasteiger partial charge in [-0.2, -0.15) is 0 Å². The van der Waals surface area contributed by atoms with Gasteiger partial charge in [-0.3, -0.25) is 14.4 Å². The van der Waals surface area contributed by atoms with E-state index in [4.69, 9.17) is 16.3 Å². The maximum atomic E-state index is 13.7. The topological polar surface area (TPSA) is 154 Å². The van der Waals surface area contributed by atoms with Crippen molar-refractivity contribution >= 4 is 64.5 Å². The summed E-state index contributed by atoms with van der Waals surface area (Å²) in [6, 6.07) is 32.9. The Bertz CT molecular complexity index is 2070. The second-order valence-corrected chi connectivity index (χ2v) is 12.3. The van der Waals surface area contributed by atoms with Crippen LogP contribution in [0.3, 0.4) is 0 Å². The molecule has 12 heteroatoms. The number of carbonyl (C=O) groups excluding carboxylic acids is 3. The number of phenols is 1. The number of thioether (sulfide) groups is 1. The number of amides is 3. The van der Waals surface area contributed by atoms with Crippen molar-refractivity contribution in [2.75, 3.05) is 17.7 Å². The van der Waals surface area contributed by atoms with Crippen LogP contribution in [0.25, 0.3) is 6.08 Å². The van der Waals surface area contributed by atoms with Crippen LogP contribution in [0, 0.1) is 0 Å². The summed E-state index contributed by atoms with van der Waals surface area (Å²) in [5, 5.41) is 26.9. The molecular formula is C38H30ClN3O7S. The fourth-order valence-corrected chi connectivity index (χ4v) is 6.06. The van der Waals surface area contributed by atoms with E-state index in [-0.39, 0.29) is 33.5 Å². The van der Waals surface area contributed by atoms with Crippen molar-refractivity contribution in [2.24, 2.45) is 0 Å². The third-order valence-electron chi connectivity index (χ3n) is 7.20. The van der Waals surface area contributed by atoms with Gasteiger partial charge in [-0.15, -0.1) is 11.8 Å². The van der Waals surface area contributed by atoms with Crippen molar-refractivity contribution in [3.05, 3.63) is 154 Å². The minimum Gasteiger partial charge on any atom is -0.508 e. The van der Waals surface area contributed by atoms with E-state index >= 15 is 0 Å². The number of phenolic OH excluding ortho intramolecular Hbond substituents is 1. The second kappa shape index (κ2) is 16.4. The maximum absolute atomic E-state index is 13.7. The van der Waals surface area contributed by atoms with Gasteiger partial charge in [0.2, 0.25) is 5.91 Å². The van der Waals surface area contributed by atoms with E-state index in [1.54, 1.807) is 84.9 Å². The smallest absolute Gasteiger partial charge is 0.337 e. The summed E-state index contributed by atoms with van der Waals surface area (Å²) in [5.74, 6) is -2.54. The number of ether oxygens (including phenoxy) is 1. The first-order chi connectivity index (χ1) is 24.1. The van der Waals surface area contributed by atoms with Crippen LogP contribution in [0.4, 0.5) is 11.4 Å². The summed E-state index contributed by atoms with van der Waals surface area (Å²) in [5.41, 5.74) is 1.87. The quantitative estimate of drug-likeness (QED) is 0.0655. The summed E-state index contributed by atoms with van der Waals surface area (Å²) >= 11 is 7.23. The third-order valence-corrected chi connectivity index (χ3v) is 8.77. The molecule has 0 heterocycles. The van der Waals surface area contributed by atoms with Gasteiger partial charge in [-0.25, -0.2) is 4.79 Å². The van der Waals surface area contributed by atoms with Gasteiger partial charge in [-0.05, 0) is 72.3 Å². The average molecular weight is 708 g/mol. The number of methoxy groups -OCH3 is 1. The molecule has 0 radical (unpaired) electrons. The van der Waals surface area contributed by atoms with Crippen molar-refractivity contribution in [2.45, 2.75) is 10.1 Å². The largest absolute Gasteiger partial charge is 0.508 e. The molecule has 0 aliphatic heterocycles. The van der Waals surface area contributed by atoms with Crippen molar-refractivity contribution in [1.29, 1.82) is 0 Å². The number of carboxylic acid groups (broad SMARTS) is 1. The van der Waals surface area contributed by atoms with Crippen molar-refractivity contribution < 1.29 is 34.1 Å². The van der Waals surface area contributed by atoms with Crippen molar-refractivity contribution in [3.63, 3.8) is 0 Å². The average Bonchev–Trinajstić information content (AvgIpc) is 3.12. The minimum absolute atomic E-state index is 0.0340. The molecule has 50 heavy (non-hydrogen) atoms. The number of aromatic carboxylic acids is 1. The van der Waals surface area contributed by atoms with Gasteiger partial charge in [0.15, 0.2) is 0 Å². The zero-order valence-corrected chi connectivity index (χ0v) is 28.0. The molecule has 3 amide bonds. The molecule has 5 N–H and O–H groups in total. The monoisotopic (exact) mass is 707 g/mol. The van der Waals surface area contributed by atoms with E-state index in [2.05, 4.69) is 16.0 Å². The standard InChI is InChI=1S/C38H30ClN3O7S/c1-49-33-22-28(43)17-15-25(33)19-32(42-35(44)24-11-6-3-7-12-24)36(45)40-26-13-8-14-29(20-26)50-34(23-9-4-2-5-10-23)37(46)41-27-16-18-31(39)30(21-27)38(47)48/h2-22,34,43H,1H3,(H,40,45)(H,41,46)(H,42,44)(H,47,48)/b32-19+. The van der Waals surface area contributed by atoms with Crippen LogP contribution < -0.4 is 20.7 Å². The fraction of sp³-hybridized carbons (Fsp3) is 0.0526. The minimum atomic E-state index is -1.22. The number of aromatic hydroxyl groups is 1. The Labute approximate surface area is 296 Å². The predicted octanol–water partition coefficient (Wildman–Crippen LogP) is 7.63. The van der Waals surface area contributed by atoms with E-state index in [0.29, 0.717) is 27.3 Å². The Kier molecular flexibility index (Phi) is 11.6. The Morgan fingerprint density at radius 2 is 1.50 bits per heavy atom. The molecule has 1 atom stereocenters. The van der Waals surface area contributed by atoms with Crippen LogP contribution in [-0.4, -0.2) is 41.0 Å². The molecule has 0 saturated heterocycles. The summed E-state index contributed by atoms with van der Waals surface area (Å²) in [6.45, 7) is 0. The molecule has 252 valence electrons. The van der Waals surface area contributed by atoms with Crippen LogP contribution in [0.5, 0.6) is 11.5 Å². The van der Waals surface area contributed by atoms with E-state index in [1.807, 2.05) is 6.07 Å². The van der Waals surface area contributed by atoms with Gasteiger partial charge in [0.25, 0.3) is 11.8 Å². The first-order valence-electron chi connectivity index (χ1n) is 15.0. The highest BCUT2D eigenvalue weighted by Crippen LogP contribution is 2.37. The molecule has 1 unspecified atom stereocenters. The number of carbonyl (C=O) groups is 4. The molecule has 0 spiro atoms. The molecule has 0 aliphatic rings. The first-order valence-corrected chi connectivity index (χ1v) is 16.3. The lowest BCUT2D eigenvalue weighted by molar-refractivity contribution is -0.116. The molecule has 10 nitrogen and oxygen atoms in total. The maximum Gasteiger partial charge on any atom is 0.337 e. The highest BCUT2D eigenvalue weighted by Gasteiger charge is 2.24. The van der Waals surface area contributed by atoms with E-state index in [0.717, 1.165) is 0 Å². The van der Waals surface area contributed by atoms with Crippen LogP contribution >= 0.6 is 23.4 Å². The van der Waals surface area contributed by atoms with Crippen molar-refractivity contribution in [1.82, 2.24) is 5.32 Å². The number of benzene rings is 5. The van der Waals surface area contributed by atoms with Crippen LogP contribution in [-0.2, 0) is 9.59 Å². The summed E-state index contributed by atoms with van der Waals surface area (Å²) in [7, 11) is 1.42. The Morgan fingerprint density at radius 3 is 2.20 bits per heavy atom. The summed E-state index contributed by atoms with van der Waals surface area (Å²) in [4.78, 5) is 52.7. The zero-order valence-electron chi connectivity index (χ0n) is 26.4. The number of hydrogen-bond donors (Lipinski definition) is 5. The molecule has 5 aromatic carbocycles. The van der Waals surface area contributed by atoms with Crippen molar-refractivity contribution in [3.8, 4) is 11.5 Å². The molecule has 0 aliphatic carbocycles. The van der Waals surface area contributed by atoms with E-state index < -0.39 is 28.9 Å². The lowest BCUT2D eigenvalue weighted by Crippen LogP contribution is -2.30. The molecule has 5 rings (SSSR count). The molecule has 0 bridgehead atoms. The highest BCUT2D eigenvalue weighted by molar-refractivity contribution is 8.00. The highest BCUT2D eigenvalue weighted by atomic mass is 35.5. The van der Waals surface area contributed by atoms with E-state index in [9.17, 15) is 29.4 Å². The third kappa shape index (κ3) is 9.10. The normalized spacial score (nSPS) is 11.6. The van der Waals surface area contributed by atoms with Gasteiger partial charge >= 0.3 is 5.97 Å². The molecular weight excluding hydrogens is 678 g/mol. The van der Waals surface area contributed by atoms with Crippen LogP contribution in [0.2, 0.25) is 5.02 Å². The Balaban J connectivity index is 1.40. The molecule has 0 saturated carbocycles. The first kappa shape index (κ1) is 35.3. The summed E-state index contributed by atoms with van der Waals surface area (Å²) < 4.78 is 5.37. The number of halogens is 1. The molecule has 0 aromatic heterocycles. The number of anilines is 2. The number of rotatable bonds is 12. The Hall–Kier alpha value is -6.04. The van der Waals surface area contributed by atoms with Crippen LogP contribution in [0.15, 0.2) is 132 Å². The molecule has 5 aromatic rings.